The number of carbonyl (C=O) groups is 1. The highest BCUT2D eigenvalue weighted by Gasteiger charge is 2.28. The molecule has 2 N–H and O–H groups in total. The van der Waals surface area contributed by atoms with Crippen LogP contribution in [0.25, 0.3) is 0 Å². The minimum atomic E-state index is -4.43. The maximum atomic E-state index is 12.5. The number of methoxy groups -OCH3 is 2. The van der Waals surface area contributed by atoms with Gasteiger partial charge in [0.25, 0.3) is 5.91 Å². The molecule has 0 atom stereocenters. The van der Waals surface area contributed by atoms with Crippen LogP contribution in [0.5, 0.6) is 11.5 Å². The van der Waals surface area contributed by atoms with E-state index in [2.05, 4.69) is 14.8 Å². The first-order chi connectivity index (χ1) is 15.1. The summed E-state index contributed by atoms with van der Waals surface area (Å²) in [4.78, 5) is 12.3. The van der Waals surface area contributed by atoms with Crippen molar-refractivity contribution in [3.8, 4) is 11.5 Å². The molecule has 0 radical (unpaired) electrons. The molecule has 0 aliphatic carbocycles. The van der Waals surface area contributed by atoms with Gasteiger partial charge in [-0.25, -0.2) is 13.1 Å². The maximum absolute atomic E-state index is 12.5. The summed E-state index contributed by atoms with van der Waals surface area (Å²) in [6, 6.07) is 9.71. The quantitative estimate of drug-likeness (QED) is 0.483. The van der Waals surface area contributed by atoms with Gasteiger partial charge in [0.05, 0.1) is 13.7 Å². The summed E-state index contributed by atoms with van der Waals surface area (Å²) in [6.07, 6.45) is -4.43. The van der Waals surface area contributed by atoms with E-state index < -0.39 is 28.7 Å². The standard InChI is InChI=1S/C20H23F3N2O6S/c1-29-10-9-25-32(27,28)18-11-15(5-8-17(18)30-2)19(26)24-12-14-3-6-16(7-4-14)31-13-20(21,22)23/h3-8,11,25H,9-10,12-13H2,1-2H3,(H,24,26). The van der Waals surface area contributed by atoms with Gasteiger partial charge in [-0.2, -0.15) is 13.2 Å². The first-order valence-electron chi connectivity index (χ1n) is 9.29. The number of amides is 1. The highest BCUT2D eigenvalue weighted by atomic mass is 32.2. The van der Waals surface area contributed by atoms with Crippen LogP contribution in [0.4, 0.5) is 13.2 Å². The van der Waals surface area contributed by atoms with Gasteiger partial charge in [-0.1, -0.05) is 12.1 Å². The smallest absolute Gasteiger partial charge is 0.422 e. The van der Waals surface area contributed by atoms with Crippen LogP contribution in [0.1, 0.15) is 15.9 Å². The van der Waals surface area contributed by atoms with Crippen LogP contribution in [-0.2, 0) is 21.3 Å². The SMILES string of the molecule is COCCNS(=O)(=O)c1cc(C(=O)NCc2ccc(OCC(F)(F)F)cc2)ccc1OC. The van der Waals surface area contributed by atoms with Gasteiger partial charge in [0, 0.05) is 25.8 Å². The summed E-state index contributed by atoms with van der Waals surface area (Å²) in [6.45, 7) is -1.12. The molecule has 32 heavy (non-hydrogen) atoms. The van der Waals surface area contributed by atoms with Crippen molar-refractivity contribution in [2.75, 3.05) is 34.0 Å². The number of sulfonamides is 1. The Hall–Kier alpha value is -2.83. The third-order valence-corrected chi connectivity index (χ3v) is 5.57. The largest absolute Gasteiger partial charge is 0.495 e. The molecule has 2 rings (SSSR count). The van der Waals surface area contributed by atoms with Crippen molar-refractivity contribution < 1.29 is 40.6 Å². The zero-order valence-corrected chi connectivity index (χ0v) is 18.2. The molecule has 0 saturated heterocycles. The lowest BCUT2D eigenvalue weighted by Crippen LogP contribution is -2.28. The number of nitrogens with one attached hydrogen (secondary N) is 2. The minimum Gasteiger partial charge on any atom is -0.495 e. The molecule has 0 aliphatic rings. The lowest BCUT2D eigenvalue weighted by atomic mass is 10.2. The van der Waals surface area contributed by atoms with E-state index in [0.717, 1.165) is 0 Å². The first kappa shape index (κ1) is 25.4. The predicted octanol–water partition coefficient (Wildman–Crippen LogP) is 2.49. The monoisotopic (exact) mass is 476 g/mol. The van der Waals surface area contributed by atoms with Crippen molar-refractivity contribution in [3.05, 3.63) is 53.6 Å². The van der Waals surface area contributed by atoms with Crippen LogP contribution in [0.15, 0.2) is 47.4 Å². The van der Waals surface area contributed by atoms with E-state index in [1.54, 1.807) is 0 Å². The van der Waals surface area contributed by atoms with E-state index >= 15 is 0 Å². The topological polar surface area (TPSA) is 103 Å². The molecule has 176 valence electrons. The van der Waals surface area contributed by atoms with Gasteiger partial charge >= 0.3 is 6.18 Å². The zero-order valence-electron chi connectivity index (χ0n) is 17.4. The number of carbonyl (C=O) groups excluding carboxylic acids is 1. The van der Waals surface area contributed by atoms with Gasteiger partial charge < -0.3 is 19.5 Å². The highest BCUT2D eigenvalue weighted by Crippen LogP contribution is 2.25. The molecule has 8 nitrogen and oxygen atoms in total. The number of ether oxygens (including phenoxy) is 3. The summed E-state index contributed by atoms with van der Waals surface area (Å²) >= 11 is 0. The summed E-state index contributed by atoms with van der Waals surface area (Å²) in [7, 11) is -1.20. The number of halogens is 3. The van der Waals surface area contributed by atoms with Crippen molar-refractivity contribution in [1.29, 1.82) is 0 Å². The molecule has 2 aromatic carbocycles. The second-order valence-electron chi connectivity index (χ2n) is 6.49. The first-order valence-corrected chi connectivity index (χ1v) is 10.8. The Balaban J connectivity index is 2.05. The van der Waals surface area contributed by atoms with Crippen molar-refractivity contribution in [3.63, 3.8) is 0 Å². The van der Waals surface area contributed by atoms with Crippen LogP contribution in [0.2, 0.25) is 0 Å². The maximum Gasteiger partial charge on any atom is 0.422 e. The fraction of sp³-hybridized carbons (Fsp3) is 0.350. The van der Waals surface area contributed by atoms with Gasteiger partial charge in [-0.15, -0.1) is 0 Å². The molecule has 0 spiro atoms. The molecule has 1 amide bonds. The second-order valence-corrected chi connectivity index (χ2v) is 8.22. The van der Waals surface area contributed by atoms with Crippen LogP contribution in [0.3, 0.4) is 0 Å². The summed E-state index contributed by atoms with van der Waals surface area (Å²) < 4.78 is 78.5. The molecule has 0 unspecified atom stereocenters. The Labute approximate surface area is 183 Å². The minimum absolute atomic E-state index is 0.0427. The van der Waals surface area contributed by atoms with Crippen molar-refractivity contribution >= 4 is 15.9 Å². The fourth-order valence-corrected chi connectivity index (χ4v) is 3.74. The molecule has 0 aromatic heterocycles. The number of alkyl halides is 3. The summed E-state index contributed by atoms with van der Waals surface area (Å²) in [5, 5.41) is 2.62. The molecule has 0 fully saturated rings. The number of hydrogen-bond donors (Lipinski definition) is 2. The molecule has 0 bridgehead atoms. The summed E-state index contributed by atoms with van der Waals surface area (Å²) in [5.74, 6) is -0.428. The number of hydrogen-bond acceptors (Lipinski definition) is 6. The average molecular weight is 476 g/mol. The Morgan fingerprint density at radius 2 is 1.75 bits per heavy atom. The van der Waals surface area contributed by atoms with Crippen molar-refractivity contribution in [2.45, 2.75) is 17.6 Å². The third-order valence-electron chi connectivity index (χ3n) is 4.09. The Morgan fingerprint density at radius 3 is 2.34 bits per heavy atom. The van der Waals surface area contributed by atoms with Crippen LogP contribution < -0.4 is 19.5 Å². The van der Waals surface area contributed by atoms with Gasteiger partial charge in [0.2, 0.25) is 10.0 Å². The van der Waals surface area contributed by atoms with Gasteiger partial charge in [0.15, 0.2) is 6.61 Å². The van der Waals surface area contributed by atoms with Gasteiger partial charge in [0.1, 0.15) is 16.4 Å². The van der Waals surface area contributed by atoms with E-state index in [0.29, 0.717) is 5.56 Å². The van der Waals surface area contributed by atoms with E-state index in [9.17, 15) is 26.4 Å². The van der Waals surface area contributed by atoms with Crippen molar-refractivity contribution in [1.82, 2.24) is 10.0 Å². The number of rotatable bonds is 11. The molecular formula is C20H23F3N2O6S. The Kier molecular flexibility index (Phi) is 8.87. The fourth-order valence-electron chi connectivity index (χ4n) is 2.54. The molecule has 0 saturated carbocycles. The van der Waals surface area contributed by atoms with Crippen LogP contribution >= 0.6 is 0 Å². The molecule has 2 aromatic rings. The normalized spacial score (nSPS) is 11.8. The Bertz CT molecular complexity index is 1010. The Morgan fingerprint density at radius 1 is 1.06 bits per heavy atom. The van der Waals surface area contributed by atoms with Gasteiger partial charge in [-0.05, 0) is 35.9 Å². The molecule has 0 aliphatic heterocycles. The van der Waals surface area contributed by atoms with E-state index in [1.807, 2.05) is 0 Å². The zero-order chi connectivity index (χ0) is 23.8. The average Bonchev–Trinajstić information content (AvgIpc) is 2.76. The molecule has 12 heteroatoms. The van der Waals surface area contributed by atoms with Crippen molar-refractivity contribution in [2.24, 2.45) is 0 Å². The lowest BCUT2D eigenvalue weighted by molar-refractivity contribution is -0.153. The predicted molar refractivity (Wildman–Crippen MR) is 109 cm³/mol. The van der Waals surface area contributed by atoms with Crippen LogP contribution in [0, 0.1) is 0 Å². The van der Waals surface area contributed by atoms with E-state index in [4.69, 9.17) is 9.47 Å². The summed E-state index contributed by atoms with van der Waals surface area (Å²) in [5.41, 5.74) is 0.698. The van der Waals surface area contributed by atoms with Gasteiger partial charge in [-0.3, -0.25) is 4.79 Å². The third kappa shape index (κ3) is 7.70. The van der Waals surface area contributed by atoms with Crippen LogP contribution in [-0.4, -0.2) is 54.5 Å². The number of benzene rings is 2. The highest BCUT2D eigenvalue weighted by molar-refractivity contribution is 7.89. The molecular weight excluding hydrogens is 453 g/mol. The van der Waals surface area contributed by atoms with E-state index in [1.165, 1.54) is 56.7 Å². The van der Waals surface area contributed by atoms with E-state index in [-0.39, 0.29) is 41.7 Å². The second kappa shape index (κ2) is 11.2. The molecule has 0 heterocycles. The lowest BCUT2D eigenvalue weighted by Gasteiger charge is -2.13.